The summed E-state index contributed by atoms with van der Waals surface area (Å²) in [5.41, 5.74) is -0.812. The van der Waals surface area contributed by atoms with Crippen LogP contribution >= 0.6 is 0 Å². The highest BCUT2D eigenvalue weighted by atomic mass is 19.3. The van der Waals surface area contributed by atoms with E-state index in [-0.39, 0.29) is 12.8 Å². The third-order valence-electron chi connectivity index (χ3n) is 2.80. The maximum Gasteiger partial charge on any atom is 0.411 e. The number of hydrogen-bond acceptors (Lipinski definition) is 4. The van der Waals surface area contributed by atoms with E-state index in [9.17, 15) is 18.4 Å². The number of ether oxygens (including phenoxy) is 2. The van der Waals surface area contributed by atoms with Crippen molar-refractivity contribution in [1.82, 2.24) is 4.90 Å². The number of likely N-dealkylation sites (tertiary alicyclic amines) is 1. The van der Waals surface area contributed by atoms with Gasteiger partial charge in [-0.1, -0.05) is 0 Å². The molecule has 0 aromatic heterocycles. The Hall–Kier alpha value is -1.40. The zero-order chi connectivity index (χ0) is 14.8. The van der Waals surface area contributed by atoms with E-state index in [2.05, 4.69) is 4.74 Å². The van der Waals surface area contributed by atoms with Crippen LogP contribution in [0.25, 0.3) is 0 Å². The second-order valence-electron chi connectivity index (χ2n) is 5.41. The van der Waals surface area contributed by atoms with Gasteiger partial charge in [-0.15, -0.1) is 0 Å². The molecule has 7 heteroatoms. The van der Waals surface area contributed by atoms with E-state index >= 15 is 0 Å². The Morgan fingerprint density at radius 1 is 1.26 bits per heavy atom. The quantitative estimate of drug-likeness (QED) is 0.727. The lowest BCUT2D eigenvalue weighted by atomic mass is 10.2. The molecule has 0 aromatic carbocycles. The van der Waals surface area contributed by atoms with E-state index < -0.39 is 36.2 Å². The van der Waals surface area contributed by atoms with Gasteiger partial charge in [0.25, 0.3) is 6.43 Å². The van der Waals surface area contributed by atoms with Crippen molar-refractivity contribution in [1.29, 1.82) is 0 Å². The highest BCUT2D eigenvalue weighted by Gasteiger charge is 2.47. The molecule has 1 fully saturated rings. The van der Waals surface area contributed by atoms with Gasteiger partial charge in [-0.05, 0) is 33.6 Å². The molecular formula is C12H19F2NO4. The molecule has 0 aromatic rings. The van der Waals surface area contributed by atoms with Gasteiger partial charge in [0.1, 0.15) is 11.6 Å². The zero-order valence-electron chi connectivity index (χ0n) is 11.5. The summed E-state index contributed by atoms with van der Waals surface area (Å²) in [6, 6.07) is -2.31. The molecule has 19 heavy (non-hydrogen) atoms. The molecular weight excluding hydrogens is 260 g/mol. The summed E-state index contributed by atoms with van der Waals surface area (Å²) in [5.74, 6) is -0.700. The van der Waals surface area contributed by atoms with Crippen molar-refractivity contribution < 1.29 is 27.8 Å². The van der Waals surface area contributed by atoms with Gasteiger partial charge in [-0.3, -0.25) is 4.90 Å². The van der Waals surface area contributed by atoms with Crippen molar-refractivity contribution in [3.63, 3.8) is 0 Å². The first-order valence-electron chi connectivity index (χ1n) is 6.04. The van der Waals surface area contributed by atoms with E-state index in [0.29, 0.717) is 0 Å². The minimum Gasteiger partial charge on any atom is -0.467 e. The smallest absolute Gasteiger partial charge is 0.411 e. The Morgan fingerprint density at radius 2 is 1.84 bits per heavy atom. The first-order chi connectivity index (χ1) is 8.67. The van der Waals surface area contributed by atoms with E-state index in [4.69, 9.17) is 4.74 Å². The molecule has 1 aliphatic heterocycles. The number of halogens is 2. The van der Waals surface area contributed by atoms with Gasteiger partial charge in [-0.2, -0.15) is 0 Å². The molecule has 0 saturated carbocycles. The van der Waals surface area contributed by atoms with Crippen molar-refractivity contribution in [2.75, 3.05) is 7.11 Å². The van der Waals surface area contributed by atoms with Crippen LogP contribution in [0, 0.1) is 0 Å². The molecule has 1 aliphatic rings. The van der Waals surface area contributed by atoms with E-state index in [1.807, 2.05) is 0 Å². The number of hydrogen-bond donors (Lipinski definition) is 0. The number of methoxy groups -OCH3 is 1. The van der Waals surface area contributed by atoms with Crippen molar-refractivity contribution in [2.45, 2.75) is 57.7 Å². The predicted molar refractivity (Wildman–Crippen MR) is 62.9 cm³/mol. The van der Waals surface area contributed by atoms with Crippen LogP contribution in [0.15, 0.2) is 0 Å². The molecule has 110 valence electrons. The molecule has 0 radical (unpaired) electrons. The fourth-order valence-electron chi connectivity index (χ4n) is 2.03. The average molecular weight is 279 g/mol. The fraction of sp³-hybridized carbons (Fsp3) is 0.833. The molecule has 5 nitrogen and oxygen atoms in total. The van der Waals surface area contributed by atoms with Crippen LogP contribution in [0.1, 0.15) is 33.6 Å². The lowest BCUT2D eigenvalue weighted by Crippen LogP contribution is -2.49. The van der Waals surface area contributed by atoms with Crippen molar-refractivity contribution in [2.24, 2.45) is 0 Å². The van der Waals surface area contributed by atoms with Gasteiger partial charge in [-0.25, -0.2) is 18.4 Å². The maximum absolute atomic E-state index is 12.9. The van der Waals surface area contributed by atoms with Gasteiger partial charge in [0.2, 0.25) is 0 Å². The number of nitrogens with zero attached hydrogens (tertiary/aromatic N) is 1. The summed E-state index contributed by atoms with van der Waals surface area (Å²) in [7, 11) is 1.16. The van der Waals surface area contributed by atoms with Crippen LogP contribution in [-0.4, -0.2) is 48.2 Å². The van der Waals surface area contributed by atoms with Crippen molar-refractivity contribution in [3.05, 3.63) is 0 Å². The second kappa shape index (κ2) is 5.71. The predicted octanol–water partition coefficient (Wildman–Crippen LogP) is 2.19. The summed E-state index contributed by atoms with van der Waals surface area (Å²) < 4.78 is 35.5. The molecule has 1 rings (SSSR count). The van der Waals surface area contributed by atoms with Crippen LogP contribution in [0.5, 0.6) is 0 Å². The third kappa shape index (κ3) is 3.78. The highest BCUT2D eigenvalue weighted by Crippen LogP contribution is 2.30. The average Bonchev–Trinajstić information content (AvgIpc) is 2.70. The minimum atomic E-state index is -2.72. The number of amides is 1. The summed E-state index contributed by atoms with van der Waals surface area (Å²) in [6.07, 6.45) is -3.43. The molecule has 0 spiro atoms. The highest BCUT2D eigenvalue weighted by molar-refractivity contribution is 5.82. The molecule has 1 heterocycles. The van der Waals surface area contributed by atoms with Crippen LogP contribution in [0.2, 0.25) is 0 Å². The van der Waals surface area contributed by atoms with Crippen LogP contribution in [-0.2, 0) is 14.3 Å². The molecule has 1 amide bonds. The van der Waals surface area contributed by atoms with E-state index in [1.165, 1.54) is 0 Å². The SMILES string of the molecule is COC(=O)C1CCC(C(F)F)N1C(=O)OC(C)(C)C. The van der Waals surface area contributed by atoms with Gasteiger partial charge >= 0.3 is 12.1 Å². The summed E-state index contributed by atoms with van der Waals surface area (Å²) in [4.78, 5) is 24.3. The number of carbonyl (C=O) groups excluding carboxylic acids is 2. The van der Waals surface area contributed by atoms with Gasteiger partial charge in [0, 0.05) is 0 Å². The minimum absolute atomic E-state index is 0.0523. The molecule has 0 aliphatic carbocycles. The Labute approximate surface area is 110 Å². The molecule has 0 N–H and O–H groups in total. The Bertz CT molecular complexity index is 354. The summed E-state index contributed by atoms with van der Waals surface area (Å²) in [5, 5.41) is 0. The first-order valence-corrected chi connectivity index (χ1v) is 6.04. The number of rotatable bonds is 2. The molecule has 0 bridgehead atoms. The number of carbonyl (C=O) groups is 2. The lowest BCUT2D eigenvalue weighted by Gasteiger charge is -2.31. The topological polar surface area (TPSA) is 55.8 Å². The lowest BCUT2D eigenvalue weighted by molar-refractivity contribution is -0.146. The van der Waals surface area contributed by atoms with Crippen molar-refractivity contribution in [3.8, 4) is 0 Å². The standard InChI is InChI=1S/C12H19F2NO4/c1-12(2,3)19-11(17)15-7(9(13)14)5-6-8(15)10(16)18-4/h7-9H,5-6H2,1-4H3. The largest absolute Gasteiger partial charge is 0.467 e. The van der Waals surface area contributed by atoms with Crippen LogP contribution in [0.4, 0.5) is 13.6 Å². The first kappa shape index (κ1) is 15.7. The van der Waals surface area contributed by atoms with Crippen molar-refractivity contribution >= 4 is 12.1 Å². The Morgan fingerprint density at radius 3 is 2.26 bits per heavy atom. The summed E-state index contributed by atoms with van der Waals surface area (Å²) in [6.45, 7) is 4.89. The van der Waals surface area contributed by atoms with E-state index in [0.717, 1.165) is 12.0 Å². The van der Waals surface area contributed by atoms with Crippen LogP contribution in [0.3, 0.4) is 0 Å². The molecule has 2 unspecified atom stereocenters. The van der Waals surface area contributed by atoms with Gasteiger partial charge in [0.05, 0.1) is 13.2 Å². The fourth-order valence-corrected chi connectivity index (χ4v) is 2.03. The molecule has 2 atom stereocenters. The third-order valence-corrected chi connectivity index (χ3v) is 2.80. The normalized spacial score (nSPS) is 23.6. The maximum atomic E-state index is 12.9. The molecule has 1 saturated heterocycles. The summed E-state index contributed by atoms with van der Waals surface area (Å²) >= 11 is 0. The second-order valence-corrected chi connectivity index (χ2v) is 5.41. The number of esters is 1. The number of alkyl halides is 2. The zero-order valence-corrected chi connectivity index (χ0v) is 11.5. The van der Waals surface area contributed by atoms with Gasteiger partial charge < -0.3 is 9.47 Å². The Balaban J connectivity index is 2.92. The monoisotopic (exact) mass is 279 g/mol. The van der Waals surface area contributed by atoms with E-state index in [1.54, 1.807) is 20.8 Å². The Kier molecular flexibility index (Phi) is 4.70. The van der Waals surface area contributed by atoms with Gasteiger partial charge in [0.15, 0.2) is 0 Å². The van der Waals surface area contributed by atoms with Crippen LogP contribution < -0.4 is 0 Å².